The van der Waals surface area contributed by atoms with E-state index < -0.39 is 5.60 Å². The van der Waals surface area contributed by atoms with Gasteiger partial charge in [0.25, 0.3) is 0 Å². The van der Waals surface area contributed by atoms with Crippen LogP contribution in [-0.2, 0) is 16.1 Å². The number of piperazine rings is 2. The minimum atomic E-state index is -0.475. The SMILES string of the molecule is CC(C)(C)OC(=O)N1CCN2CCN(c3ccc4c(c3)COC4=O)CC2C1. The van der Waals surface area contributed by atoms with Gasteiger partial charge in [0.1, 0.15) is 12.2 Å². The van der Waals surface area contributed by atoms with Crippen LogP contribution in [0.2, 0.25) is 0 Å². The van der Waals surface area contributed by atoms with Gasteiger partial charge in [-0.1, -0.05) is 0 Å². The second-order valence-electron chi connectivity index (χ2n) is 8.48. The highest BCUT2D eigenvalue weighted by Gasteiger charge is 2.35. The Morgan fingerprint density at radius 3 is 2.70 bits per heavy atom. The molecule has 7 nitrogen and oxygen atoms in total. The Kier molecular flexibility index (Phi) is 4.50. The molecule has 0 saturated carbocycles. The van der Waals surface area contributed by atoms with E-state index in [0.29, 0.717) is 25.3 Å². The first-order valence-electron chi connectivity index (χ1n) is 9.57. The zero-order chi connectivity index (χ0) is 19.2. The maximum absolute atomic E-state index is 12.4. The lowest BCUT2D eigenvalue weighted by atomic mass is 10.1. The number of fused-ring (bicyclic) bond motifs is 2. The van der Waals surface area contributed by atoms with Crippen LogP contribution in [0.25, 0.3) is 0 Å². The molecule has 4 rings (SSSR count). The highest BCUT2D eigenvalue weighted by molar-refractivity contribution is 5.93. The Bertz CT molecular complexity index is 758. The maximum Gasteiger partial charge on any atom is 0.410 e. The third kappa shape index (κ3) is 3.74. The molecule has 0 aromatic heterocycles. The monoisotopic (exact) mass is 373 g/mol. The van der Waals surface area contributed by atoms with Gasteiger partial charge in [-0.15, -0.1) is 0 Å². The molecule has 7 heteroatoms. The molecule has 0 aliphatic carbocycles. The molecule has 3 heterocycles. The smallest absolute Gasteiger partial charge is 0.410 e. The highest BCUT2D eigenvalue weighted by Crippen LogP contribution is 2.28. The van der Waals surface area contributed by atoms with E-state index >= 15 is 0 Å². The van der Waals surface area contributed by atoms with Crippen molar-refractivity contribution in [3.8, 4) is 0 Å². The van der Waals surface area contributed by atoms with Crippen molar-refractivity contribution >= 4 is 17.7 Å². The van der Waals surface area contributed by atoms with Crippen molar-refractivity contribution in [2.45, 2.75) is 39.0 Å². The largest absolute Gasteiger partial charge is 0.457 e. The van der Waals surface area contributed by atoms with E-state index in [2.05, 4.69) is 15.9 Å². The first-order chi connectivity index (χ1) is 12.8. The van der Waals surface area contributed by atoms with Crippen LogP contribution in [-0.4, -0.2) is 72.8 Å². The van der Waals surface area contributed by atoms with Crippen molar-refractivity contribution in [3.63, 3.8) is 0 Å². The average Bonchev–Trinajstić information content (AvgIpc) is 3.00. The summed E-state index contributed by atoms with van der Waals surface area (Å²) in [5.74, 6) is -0.235. The van der Waals surface area contributed by atoms with Crippen molar-refractivity contribution in [2.24, 2.45) is 0 Å². The molecule has 2 saturated heterocycles. The molecule has 1 atom stereocenters. The summed E-state index contributed by atoms with van der Waals surface area (Å²) in [5.41, 5.74) is 2.27. The minimum Gasteiger partial charge on any atom is -0.457 e. The number of ether oxygens (including phenoxy) is 2. The third-order valence-electron chi connectivity index (χ3n) is 5.38. The Morgan fingerprint density at radius 1 is 1.15 bits per heavy atom. The van der Waals surface area contributed by atoms with Crippen LogP contribution in [0.5, 0.6) is 0 Å². The quantitative estimate of drug-likeness (QED) is 0.703. The molecule has 146 valence electrons. The van der Waals surface area contributed by atoms with Crippen LogP contribution in [0.1, 0.15) is 36.7 Å². The normalized spacial score (nSPS) is 22.9. The molecule has 2 fully saturated rings. The minimum absolute atomic E-state index is 0.229. The zero-order valence-corrected chi connectivity index (χ0v) is 16.2. The molecular weight excluding hydrogens is 346 g/mol. The standard InChI is InChI=1S/C20H27N3O4/c1-20(2,3)27-19(25)23-9-7-21-6-8-22(11-16(21)12-23)15-4-5-17-14(10-15)13-26-18(17)24/h4-5,10,16H,6-9,11-13H2,1-3H3. The molecule has 0 bridgehead atoms. The molecule has 27 heavy (non-hydrogen) atoms. The van der Waals surface area contributed by atoms with Gasteiger partial charge in [0, 0.05) is 56.6 Å². The summed E-state index contributed by atoms with van der Waals surface area (Å²) in [6.45, 7) is 11.1. The molecule has 0 N–H and O–H groups in total. The Labute approximate surface area is 159 Å². The van der Waals surface area contributed by atoms with Gasteiger partial charge >= 0.3 is 12.1 Å². The molecule has 3 aliphatic heterocycles. The first-order valence-corrected chi connectivity index (χ1v) is 9.57. The van der Waals surface area contributed by atoms with Crippen LogP contribution < -0.4 is 4.90 Å². The number of hydrogen-bond donors (Lipinski definition) is 0. The lowest BCUT2D eigenvalue weighted by molar-refractivity contribution is 0.00217. The van der Waals surface area contributed by atoms with Crippen LogP contribution in [0.3, 0.4) is 0 Å². The van der Waals surface area contributed by atoms with Crippen molar-refractivity contribution < 1.29 is 19.1 Å². The molecular formula is C20H27N3O4. The van der Waals surface area contributed by atoms with Gasteiger partial charge in [0.05, 0.1) is 5.56 Å². The number of rotatable bonds is 1. The number of carbonyl (C=O) groups excluding carboxylic acids is 2. The lowest BCUT2D eigenvalue weighted by Crippen LogP contribution is -2.63. The molecule has 1 aromatic rings. The summed E-state index contributed by atoms with van der Waals surface area (Å²) in [6, 6.07) is 6.20. The topological polar surface area (TPSA) is 62.3 Å². The summed E-state index contributed by atoms with van der Waals surface area (Å²) < 4.78 is 10.6. The van der Waals surface area contributed by atoms with E-state index in [4.69, 9.17) is 9.47 Å². The summed E-state index contributed by atoms with van der Waals surface area (Å²) in [6.07, 6.45) is -0.229. The summed E-state index contributed by atoms with van der Waals surface area (Å²) >= 11 is 0. The predicted molar refractivity (Wildman–Crippen MR) is 101 cm³/mol. The fourth-order valence-electron chi connectivity index (χ4n) is 4.00. The number of carbonyl (C=O) groups is 2. The lowest BCUT2D eigenvalue weighted by Gasteiger charge is -2.47. The van der Waals surface area contributed by atoms with Gasteiger partial charge in [-0.25, -0.2) is 9.59 Å². The van der Waals surface area contributed by atoms with Gasteiger partial charge in [0.2, 0.25) is 0 Å². The Balaban J connectivity index is 1.43. The first kappa shape index (κ1) is 18.1. The molecule has 1 aromatic carbocycles. The molecule has 0 spiro atoms. The van der Waals surface area contributed by atoms with Crippen molar-refractivity contribution in [1.29, 1.82) is 0 Å². The van der Waals surface area contributed by atoms with Gasteiger partial charge < -0.3 is 19.3 Å². The number of benzene rings is 1. The summed E-state index contributed by atoms with van der Waals surface area (Å²) in [7, 11) is 0. The van der Waals surface area contributed by atoms with Gasteiger partial charge in [-0.3, -0.25) is 4.90 Å². The number of cyclic esters (lactones) is 1. The number of esters is 1. The van der Waals surface area contributed by atoms with Crippen molar-refractivity contribution in [2.75, 3.05) is 44.2 Å². The van der Waals surface area contributed by atoms with E-state index in [1.807, 2.05) is 37.8 Å². The van der Waals surface area contributed by atoms with Crippen LogP contribution in [0, 0.1) is 0 Å². The molecule has 1 unspecified atom stereocenters. The number of nitrogens with zero attached hydrogens (tertiary/aromatic N) is 3. The summed E-state index contributed by atoms with van der Waals surface area (Å²) in [5, 5.41) is 0. The zero-order valence-electron chi connectivity index (χ0n) is 16.2. The second-order valence-corrected chi connectivity index (χ2v) is 8.48. The Hall–Kier alpha value is -2.28. The highest BCUT2D eigenvalue weighted by atomic mass is 16.6. The van der Waals surface area contributed by atoms with Crippen LogP contribution >= 0.6 is 0 Å². The fourth-order valence-corrected chi connectivity index (χ4v) is 4.00. The van der Waals surface area contributed by atoms with Gasteiger partial charge in [-0.2, -0.15) is 0 Å². The van der Waals surface area contributed by atoms with Crippen molar-refractivity contribution in [1.82, 2.24) is 9.80 Å². The Morgan fingerprint density at radius 2 is 1.93 bits per heavy atom. The molecule has 0 radical (unpaired) electrons. The summed E-state index contributed by atoms with van der Waals surface area (Å²) in [4.78, 5) is 30.7. The molecule has 1 amide bonds. The molecule has 3 aliphatic rings. The van der Waals surface area contributed by atoms with Crippen LogP contribution in [0.4, 0.5) is 10.5 Å². The van der Waals surface area contributed by atoms with Gasteiger partial charge in [0.15, 0.2) is 0 Å². The third-order valence-corrected chi connectivity index (χ3v) is 5.38. The van der Waals surface area contributed by atoms with Crippen LogP contribution in [0.15, 0.2) is 18.2 Å². The van der Waals surface area contributed by atoms with E-state index in [9.17, 15) is 9.59 Å². The maximum atomic E-state index is 12.4. The van der Waals surface area contributed by atoms with Gasteiger partial charge in [-0.05, 0) is 39.0 Å². The second kappa shape index (κ2) is 6.71. The number of amides is 1. The van der Waals surface area contributed by atoms with E-state index in [1.165, 1.54) is 0 Å². The average molecular weight is 373 g/mol. The van der Waals surface area contributed by atoms with Crippen molar-refractivity contribution in [3.05, 3.63) is 29.3 Å². The van der Waals surface area contributed by atoms with E-state index in [1.54, 1.807) is 0 Å². The number of hydrogen-bond acceptors (Lipinski definition) is 6. The fraction of sp³-hybridized carbons (Fsp3) is 0.600. The van der Waals surface area contributed by atoms with E-state index in [0.717, 1.165) is 37.4 Å². The van der Waals surface area contributed by atoms with E-state index in [-0.39, 0.29) is 18.1 Å². The number of anilines is 1. The predicted octanol–water partition coefficient (Wildman–Crippen LogP) is 2.10.